The molecule has 116 valence electrons. The minimum Gasteiger partial charge on any atom is -0.127 e. The van der Waals surface area contributed by atoms with Gasteiger partial charge >= 0.3 is 0 Å². The number of rotatable bonds is 5. The first-order chi connectivity index (χ1) is 9.61. The Morgan fingerprint density at radius 2 is 1.67 bits per heavy atom. The molecule has 0 aromatic carbocycles. The topological polar surface area (TPSA) is 0 Å². The molecule has 0 unspecified atom stereocenters. The van der Waals surface area contributed by atoms with E-state index in [1.54, 1.807) is 0 Å². The van der Waals surface area contributed by atoms with Gasteiger partial charge in [-0.2, -0.15) is 0 Å². The van der Waals surface area contributed by atoms with Crippen LogP contribution in [0.2, 0.25) is 39.3 Å². The van der Waals surface area contributed by atoms with Crippen molar-refractivity contribution in [2.75, 3.05) is 0 Å². The van der Waals surface area contributed by atoms with Gasteiger partial charge in [-0.05, 0) is 18.0 Å². The van der Waals surface area contributed by atoms with Crippen molar-refractivity contribution in [3.05, 3.63) is 23.4 Å². The van der Waals surface area contributed by atoms with E-state index in [2.05, 4.69) is 76.1 Å². The molecule has 21 heavy (non-hydrogen) atoms. The molecule has 0 rings (SSSR count). The van der Waals surface area contributed by atoms with E-state index in [9.17, 15) is 0 Å². The van der Waals surface area contributed by atoms with Crippen LogP contribution in [0.5, 0.6) is 0 Å². The Morgan fingerprint density at radius 3 is 2.10 bits per heavy atom. The highest BCUT2D eigenvalue weighted by molar-refractivity contribution is 6.85. The quantitative estimate of drug-likeness (QED) is 0.260. The van der Waals surface area contributed by atoms with Gasteiger partial charge in [0.15, 0.2) is 0 Å². The van der Waals surface area contributed by atoms with Crippen molar-refractivity contribution >= 4 is 16.1 Å². The highest BCUT2D eigenvalue weighted by Crippen LogP contribution is 2.20. The molecule has 0 bridgehead atoms. The summed E-state index contributed by atoms with van der Waals surface area (Å²) < 4.78 is 0. The summed E-state index contributed by atoms with van der Waals surface area (Å²) in [5.41, 5.74) is 4.72. The summed E-state index contributed by atoms with van der Waals surface area (Å²) in [6.45, 7) is 20.0. The first kappa shape index (κ1) is 20.0. The van der Waals surface area contributed by atoms with Gasteiger partial charge in [-0.1, -0.05) is 76.5 Å². The third kappa shape index (κ3) is 9.56. The summed E-state index contributed by atoms with van der Waals surface area (Å²) in [5, 5.41) is 1.32. The van der Waals surface area contributed by atoms with Crippen LogP contribution >= 0.6 is 0 Å². The van der Waals surface area contributed by atoms with E-state index in [1.165, 1.54) is 23.6 Å². The molecule has 0 aromatic heterocycles. The zero-order chi connectivity index (χ0) is 16.5. The minimum absolute atomic E-state index is 0.847. The fourth-order valence-electron chi connectivity index (χ4n) is 1.75. The largest absolute Gasteiger partial charge is 0.129 e. The molecule has 0 N–H and O–H groups in total. The maximum absolute atomic E-state index is 3.90. The van der Waals surface area contributed by atoms with Crippen molar-refractivity contribution < 1.29 is 0 Å². The Labute approximate surface area is 135 Å². The Kier molecular flexibility index (Phi) is 8.71. The van der Waals surface area contributed by atoms with Gasteiger partial charge in [0, 0.05) is 12.0 Å². The third-order valence-electron chi connectivity index (χ3n) is 2.86. The molecule has 0 saturated heterocycles. The van der Waals surface area contributed by atoms with Gasteiger partial charge in [0.1, 0.15) is 8.07 Å². The molecule has 0 amide bonds. The SMILES string of the molecule is C=CC/C(C#C[Si](C)(C)C)=C(/C#CCCCC)[Si](C)(C)C. The van der Waals surface area contributed by atoms with Crippen LogP contribution < -0.4 is 0 Å². The molecule has 0 aliphatic rings. The number of allylic oxidation sites excluding steroid dienone is 3. The first-order valence-corrected chi connectivity index (χ1v) is 15.0. The van der Waals surface area contributed by atoms with Gasteiger partial charge in [0.05, 0.1) is 8.07 Å². The van der Waals surface area contributed by atoms with Crippen molar-refractivity contribution in [2.24, 2.45) is 0 Å². The maximum atomic E-state index is 3.90. The number of hydrogen-bond donors (Lipinski definition) is 0. The second-order valence-electron chi connectivity index (χ2n) is 7.50. The summed E-state index contributed by atoms with van der Waals surface area (Å²) in [5.74, 6) is 10.3. The molecule has 0 atom stereocenters. The zero-order valence-corrected chi connectivity index (χ0v) is 17.1. The summed E-state index contributed by atoms with van der Waals surface area (Å²) in [4.78, 5) is 0. The van der Waals surface area contributed by atoms with E-state index < -0.39 is 16.1 Å². The average Bonchev–Trinajstić information content (AvgIpc) is 2.32. The standard InChI is InChI=1S/C19H32Si2/c1-9-11-12-13-15-19(21(6,7)8)18(14-10-2)16-17-20(3,4)5/h10H,2,9,11-12,14H2,1,3-8H3/b19-18+. The second kappa shape index (κ2) is 9.13. The van der Waals surface area contributed by atoms with Gasteiger partial charge < -0.3 is 0 Å². The zero-order valence-electron chi connectivity index (χ0n) is 15.1. The summed E-state index contributed by atoms with van der Waals surface area (Å²) in [6, 6.07) is 0. The monoisotopic (exact) mass is 316 g/mol. The molecule has 0 aliphatic carbocycles. The molecule has 2 heteroatoms. The third-order valence-corrected chi connectivity index (χ3v) is 5.66. The smallest absolute Gasteiger partial charge is 0.127 e. The Hall–Kier alpha value is -0.966. The highest BCUT2D eigenvalue weighted by Gasteiger charge is 2.21. The van der Waals surface area contributed by atoms with E-state index in [4.69, 9.17) is 0 Å². The lowest BCUT2D eigenvalue weighted by Crippen LogP contribution is -2.25. The number of hydrogen-bond acceptors (Lipinski definition) is 0. The van der Waals surface area contributed by atoms with Gasteiger partial charge in [-0.15, -0.1) is 12.1 Å². The number of unbranched alkanes of at least 4 members (excludes halogenated alkanes) is 2. The fourth-order valence-corrected chi connectivity index (χ4v) is 3.81. The Balaban J connectivity index is 5.74. The van der Waals surface area contributed by atoms with Crippen molar-refractivity contribution in [1.82, 2.24) is 0 Å². The molecule has 0 radical (unpaired) electrons. The molecule has 0 aromatic rings. The first-order valence-electron chi connectivity index (χ1n) is 7.98. The van der Waals surface area contributed by atoms with Gasteiger partial charge in [-0.25, -0.2) is 0 Å². The average molecular weight is 317 g/mol. The normalized spacial score (nSPS) is 12.5. The van der Waals surface area contributed by atoms with Crippen LogP contribution in [0, 0.1) is 23.3 Å². The highest BCUT2D eigenvalue weighted by atomic mass is 28.3. The van der Waals surface area contributed by atoms with Crippen LogP contribution in [-0.2, 0) is 0 Å². The van der Waals surface area contributed by atoms with Gasteiger partial charge in [0.2, 0.25) is 0 Å². The van der Waals surface area contributed by atoms with E-state index in [-0.39, 0.29) is 0 Å². The molecular weight excluding hydrogens is 284 g/mol. The molecule has 0 fully saturated rings. The molecule has 0 aliphatic heterocycles. The van der Waals surface area contributed by atoms with Crippen LogP contribution in [0.3, 0.4) is 0 Å². The van der Waals surface area contributed by atoms with Crippen LogP contribution in [0.15, 0.2) is 23.4 Å². The van der Waals surface area contributed by atoms with Crippen molar-refractivity contribution in [2.45, 2.75) is 71.9 Å². The molecule has 0 nitrogen and oxygen atoms in total. The Morgan fingerprint density at radius 1 is 1.05 bits per heavy atom. The molecule has 0 saturated carbocycles. The van der Waals surface area contributed by atoms with E-state index >= 15 is 0 Å². The summed E-state index contributed by atoms with van der Waals surface area (Å²) >= 11 is 0. The lowest BCUT2D eigenvalue weighted by molar-refractivity contribution is 0.828. The predicted octanol–water partition coefficient (Wildman–Crippen LogP) is 5.81. The fraction of sp³-hybridized carbons (Fsp3) is 0.579. The van der Waals surface area contributed by atoms with E-state index in [1.807, 2.05) is 6.08 Å². The predicted molar refractivity (Wildman–Crippen MR) is 104 cm³/mol. The van der Waals surface area contributed by atoms with Crippen molar-refractivity contribution in [1.29, 1.82) is 0 Å². The van der Waals surface area contributed by atoms with Crippen LogP contribution in [0.1, 0.15) is 32.6 Å². The maximum Gasteiger partial charge on any atom is 0.129 e. The summed E-state index contributed by atoms with van der Waals surface area (Å²) in [7, 11) is -2.83. The lowest BCUT2D eigenvalue weighted by atomic mass is 10.2. The van der Waals surface area contributed by atoms with E-state index in [0.717, 1.165) is 12.8 Å². The summed E-state index contributed by atoms with van der Waals surface area (Å²) in [6.07, 6.45) is 6.19. The van der Waals surface area contributed by atoms with Crippen LogP contribution in [0.4, 0.5) is 0 Å². The van der Waals surface area contributed by atoms with Crippen molar-refractivity contribution in [3.63, 3.8) is 0 Å². The van der Waals surface area contributed by atoms with Crippen molar-refractivity contribution in [3.8, 4) is 23.3 Å². The van der Waals surface area contributed by atoms with E-state index in [0.29, 0.717) is 0 Å². The van der Waals surface area contributed by atoms with Gasteiger partial charge in [0.25, 0.3) is 0 Å². The van der Waals surface area contributed by atoms with Crippen LogP contribution in [-0.4, -0.2) is 16.1 Å². The van der Waals surface area contributed by atoms with Crippen LogP contribution in [0.25, 0.3) is 0 Å². The lowest BCUT2D eigenvalue weighted by Gasteiger charge is -2.18. The Bertz CT molecular complexity index is 488. The molecular formula is C19H32Si2. The minimum atomic E-state index is -1.47. The second-order valence-corrected chi connectivity index (χ2v) is 17.3. The molecule has 0 heterocycles. The molecule has 0 spiro atoms. The van der Waals surface area contributed by atoms with Gasteiger partial charge in [-0.3, -0.25) is 0 Å².